The average Bonchev–Trinajstić information content (AvgIpc) is 2.64. The van der Waals surface area contributed by atoms with Gasteiger partial charge in [-0.1, -0.05) is 12.1 Å². The summed E-state index contributed by atoms with van der Waals surface area (Å²) in [7, 11) is 0. The van der Waals surface area contributed by atoms with Crippen LogP contribution in [0.5, 0.6) is 11.5 Å². The molecule has 7 heteroatoms. The van der Waals surface area contributed by atoms with E-state index in [0.717, 1.165) is 25.7 Å². The highest BCUT2D eigenvalue weighted by molar-refractivity contribution is 6.02. The molecular weight excluding hydrogens is 346 g/mol. The average molecular weight is 371 g/mol. The number of fused-ring (bicyclic) bond motifs is 1. The predicted octanol–water partition coefficient (Wildman–Crippen LogP) is 1.76. The van der Waals surface area contributed by atoms with E-state index < -0.39 is 0 Å². The van der Waals surface area contributed by atoms with Gasteiger partial charge in [0, 0.05) is 30.4 Å². The van der Waals surface area contributed by atoms with Crippen LogP contribution in [-0.4, -0.2) is 40.7 Å². The first kappa shape index (κ1) is 19.0. The zero-order valence-electron chi connectivity index (χ0n) is 15.1. The Balaban J connectivity index is 1.61. The Kier molecular flexibility index (Phi) is 5.81. The third kappa shape index (κ3) is 4.49. The van der Waals surface area contributed by atoms with Crippen molar-refractivity contribution < 1.29 is 19.8 Å². The minimum absolute atomic E-state index is 0.000524. The van der Waals surface area contributed by atoms with Gasteiger partial charge in [-0.05, 0) is 49.3 Å². The molecule has 7 nitrogen and oxygen atoms in total. The highest BCUT2D eigenvalue weighted by atomic mass is 16.3. The Labute approximate surface area is 157 Å². The summed E-state index contributed by atoms with van der Waals surface area (Å²) in [6, 6.07) is 8.11. The number of rotatable bonds is 5. The number of phenolic OH excluding ortho intramolecular Hbond substituents is 2. The number of carbonyl (C=O) groups is 2. The van der Waals surface area contributed by atoms with Crippen LogP contribution in [0.15, 0.2) is 30.3 Å². The number of aromatic hydroxyl groups is 2. The van der Waals surface area contributed by atoms with Crippen LogP contribution < -0.4 is 16.4 Å². The number of carbonyl (C=O) groups excluding carboxylic acids is 2. The number of nitrogens with one attached hydrogen (secondary N) is 2. The summed E-state index contributed by atoms with van der Waals surface area (Å²) < 4.78 is 0. The van der Waals surface area contributed by atoms with Crippen molar-refractivity contribution in [2.45, 2.75) is 44.2 Å². The van der Waals surface area contributed by atoms with Crippen molar-refractivity contribution in [3.8, 4) is 11.5 Å². The predicted molar refractivity (Wildman–Crippen MR) is 103 cm³/mol. The molecular formula is C20H25N3O4. The van der Waals surface area contributed by atoms with Gasteiger partial charge in [-0.25, -0.2) is 0 Å². The van der Waals surface area contributed by atoms with Crippen molar-refractivity contribution in [1.29, 1.82) is 0 Å². The second kappa shape index (κ2) is 8.26. The smallest absolute Gasteiger partial charge is 0.255 e. The van der Waals surface area contributed by atoms with E-state index >= 15 is 0 Å². The van der Waals surface area contributed by atoms with Gasteiger partial charge in [-0.2, -0.15) is 0 Å². The van der Waals surface area contributed by atoms with Gasteiger partial charge in [0.05, 0.1) is 5.56 Å². The topological polar surface area (TPSA) is 125 Å². The lowest BCUT2D eigenvalue weighted by atomic mass is 9.90. The third-order valence-electron chi connectivity index (χ3n) is 5.02. The quantitative estimate of drug-likeness (QED) is 0.548. The van der Waals surface area contributed by atoms with Gasteiger partial charge in [0.15, 0.2) is 0 Å². The molecule has 2 aromatic carbocycles. The van der Waals surface area contributed by atoms with Crippen LogP contribution in [-0.2, 0) is 4.79 Å². The van der Waals surface area contributed by atoms with Crippen molar-refractivity contribution in [2.75, 3.05) is 6.54 Å². The Hall–Kier alpha value is -2.80. The SMILES string of the molecule is NCCC(=O)N[C@H]1CC[C@H](NC(=O)c2cc3cccc(O)c3cc2O)CC1. The van der Waals surface area contributed by atoms with E-state index in [0.29, 0.717) is 23.7 Å². The summed E-state index contributed by atoms with van der Waals surface area (Å²) in [5.41, 5.74) is 5.57. The van der Waals surface area contributed by atoms with Crippen molar-refractivity contribution >= 4 is 22.6 Å². The van der Waals surface area contributed by atoms with Crippen LogP contribution in [0.1, 0.15) is 42.5 Å². The van der Waals surface area contributed by atoms with Gasteiger partial charge in [0.25, 0.3) is 5.91 Å². The van der Waals surface area contributed by atoms with Gasteiger partial charge in [0.2, 0.25) is 5.91 Å². The van der Waals surface area contributed by atoms with Crippen molar-refractivity contribution in [3.05, 3.63) is 35.9 Å². The van der Waals surface area contributed by atoms with Crippen LogP contribution in [0.2, 0.25) is 0 Å². The Morgan fingerprint density at radius 3 is 2.33 bits per heavy atom. The van der Waals surface area contributed by atoms with Gasteiger partial charge < -0.3 is 26.6 Å². The summed E-state index contributed by atoms with van der Waals surface area (Å²) in [4.78, 5) is 24.2. The number of amides is 2. The van der Waals surface area contributed by atoms with Crippen LogP contribution in [0.3, 0.4) is 0 Å². The maximum atomic E-state index is 12.6. The zero-order valence-corrected chi connectivity index (χ0v) is 15.1. The molecule has 1 saturated carbocycles. The normalized spacial score (nSPS) is 19.6. The molecule has 27 heavy (non-hydrogen) atoms. The molecule has 0 aromatic heterocycles. The third-order valence-corrected chi connectivity index (χ3v) is 5.02. The lowest BCUT2D eigenvalue weighted by Gasteiger charge is -2.29. The van der Waals surface area contributed by atoms with Gasteiger partial charge in [-0.15, -0.1) is 0 Å². The summed E-state index contributed by atoms with van der Waals surface area (Å²) in [5.74, 6) is -0.475. The fraction of sp³-hybridized carbons (Fsp3) is 0.400. The first-order chi connectivity index (χ1) is 13.0. The zero-order chi connectivity index (χ0) is 19.4. The molecule has 6 N–H and O–H groups in total. The second-order valence-electron chi connectivity index (χ2n) is 7.00. The van der Waals surface area contributed by atoms with Gasteiger partial charge in [-0.3, -0.25) is 9.59 Å². The first-order valence-electron chi connectivity index (χ1n) is 9.23. The molecule has 2 amide bonds. The fourth-order valence-electron chi connectivity index (χ4n) is 3.56. The monoisotopic (exact) mass is 371 g/mol. The number of hydrogen-bond donors (Lipinski definition) is 5. The maximum Gasteiger partial charge on any atom is 0.255 e. The molecule has 0 bridgehead atoms. The van der Waals surface area contributed by atoms with Crippen molar-refractivity contribution in [1.82, 2.24) is 10.6 Å². The van der Waals surface area contributed by atoms with Crippen LogP contribution >= 0.6 is 0 Å². The highest BCUT2D eigenvalue weighted by Gasteiger charge is 2.24. The Morgan fingerprint density at radius 1 is 1.00 bits per heavy atom. The van der Waals surface area contributed by atoms with Crippen LogP contribution in [0.25, 0.3) is 10.8 Å². The highest BCUT2D eigenvalue weighted by Crippen LogP contribution is 2.31. The second-order valence-corrected chi connectivity index (χ2v) is 7.00. The van der Waals surface area contributed by atoms with Gasteiger partial charge in [0.1, 0.15) is 11.5 Å². The number of benzene rings is 2. The van der Waals surface area contributed by atoms with E-state index in [2.05, 4.69) is 10.6 Å². The molecule has 0 aliphatic heterocycles. The summed E-state index contributed by atoms with van der Waals surface area (Å²) >= 11 is 0. The number of phenols is 2. The summed E-state index contributed by atoms with van der Waals surface area (Å²) in [5, 5.41) is 27.2. The molecule has 0 saturated heterocycles. The molecule has 3 rings (SSSR count). The number of nitrogens with two attached hydrogens (primary N) is 1. The molecule has 0 atom stereocenters. The largest absolute Gasteiger partial charge is 0.507 e. The van der Waals surface area contributed by atoms with E-state index in [1.54, 1.807) is 18.2 Å². The fourth-order valence-corrected chi connectivity index (χ4v) is 3.56. The van der Waals surface area contributed by atoms with E-state index in [1.807, 2.05) is 0 Å². The lowest BCUT2D eigenvalue weighted by molar-refractivity contribution is -0.121. The first-order valence-corrected chi connectivity index (χ1v) is 9.23. The number of hydrogen-bond acceptors (Lipinski definition) is 5. The van der Waals surface area contributed by atoms with E-state index in [1.165, 1.54) is 12.1 Å². The molecule has 144 valence electrons. The summed E-state index contributed by atoms with van der Waals surface area (Å²) in [6.45, 7) is 0.338. The van der Waals surface area contributed by atoms with Crippen molar-refractivity contribution in [2.24, 2.45) is 5.73 Å². The lowest BCUT2D eigenvalue weighted by Crippen LogP contribution is -2.44. The van der Waals surface area contributed by atoms with E-state index in [9.17, 15) is 19.8 Å². The maximum absolute atomic E-state index is 12.6. The molecule has 1 fully saturated rings. The van der Waals surface area contributed by atoms with Crippen LogP contribution in [0.4, 0.5) is 0 Å². The minimum Gasteiger partial charge on any atom is -0.507 e. The molecule has 0 radical (unpaired) electrons. The van der Waals surface area contributed by atoms with E-state index in [-0.39, 0.29) is 41.0 Å². The standard InChI is InChI=1S/C20H25N3O4/c21-9-8-19(26)22-13-4-6-14(7-5-13)23-20(27)16-10-12-2-1-3-17(24)15(12)11-18(16)25/h1-3,10-11,13-14,24-25H,4-9,21H2,(H,22,26)(H,23,27)/t13-,14-. The Bertz CT molecular complexity index is 844. The minimum atomic E-state index is -0.339. The van der Waals surface area contributed by atoms with Crippen LogP contribution in [0, 0.1) is 0 Å². The van der Waals surface area contributed by atoms with Crippen molar-refractivity contribution in [3.63, 3.8) is 0 Å². The summed E-state index contributed by atoms with van der Waals surface area (Å²) in [6.07, 6.45) is 3.42. The van der Waals surface area contributed by atoms with E-state index in [4.69, 9.17) is 5.73 Å². The molecule has 0 heterocycles. The molecule has 1 aliphatic carbocycles. The molecule has 0 unspecified atom stereocenters. The Morgan fingerprint density at radius 2 is 1.67 bits per heavy atom. The molecule has 0 spiro atoms. The van der Waals surface area contributed by atoms with Gasteiger partial charge >= 0.3 is 0 Å². The molecule has 2 aromatic rings. The molecule has 1 aliphatic rings.